The first kappa shape index (κ1) is 22.3. The molecule has 0 radical (unpaired) electrons. The Morgan fingerprint density at radius 1 is 1.24 bits per heavy atom. The van der Waals surface area contributed by atoms with Crippen molar-refractivity contribution in [1.29, 1.82) is 0 Å². The molecule has 0 saturated carbocycles. The van der Waals surface area contributed by atoms with E-state index in [2.05, 4.69) is 11.8 Å². The fraction of sp³-hybridized carbons (Fsp3) is 0.455. The molecule has 0 amide bonds. The van der Waals surface area contributed by atoms with Crippen LogP contribution in [0.15, 0.2) is 36.4 Å². The van der Waals surface area contributed by atoms with E-state index < -0.39 is 11.9 Å². The Kier molecular flexibility index (Phi) is 8.16. The molecule has 29 heavy (non-hydrogen) atoms. The number of aryl methyl sites for hydroxylation is 1. The second-order valence-electron chi connectivity index (χ2n) is 7.27. The maximum atomic E-state index is 13.8. The fourth-order valence-corrected chi connectivity index (χ4v) is 3.93. The molecule has 0 aliphatic carbocycles. The lowest BCUT2D eigenvalue weighted by Crippen LogP contribution is -2.43. The highest BCUT2D eigenvalue weighted by Gasteiger charge is 2.26. The summed E-state index contributed by atoms with van der Waals surface area (Å²) in [5.41, 5.74) is 1.84. The van der Waals surface area contributed by atoms with Crippen LogP contribution in [0, 0.1) is 5.82 Å². The SMILES string of the molecule is CCCc1ccc(OCC(O)CN2CCOC(c3cc(F)c(Cl)cc3Cl)C2)cc1. The highest BCUT2D eigenvalue weighted by atomic mass is 35.5. The second-order valence-corrected chi connectivity index (χ2v) is 8.08. The van der Waals surface area contributed by atoms with Crippen LogP contribution in [0.5, 0.6) is 5.75 Å². The zero-order chi connectivity index (χ0) is 20.8. The van der Waals surface area contributed by atoms with Crippen molar-refractivity contribution in [2.75, 3.05) is 32.8 Å². The van der Waals surface area contributed by atoms with E-state index in [0.717, 1.165) is 18.6 Å². The first-order valence-electron chi connectivity index (χ1n) is 9.84. The third kappa shape index (κ3) is 6.30. The van der Waals surface area contributed by atoms with Crippen LogP contribution in [-0.4, -0.2) is 49.0 Å². The third-order valence-corrected chi connectivity index (χ3v) is 5.53. The van der Waals surface area contributed by atoms with Gasteiger partial charge in [0.15, 0.2) is 0 Å². The summed E-state index contributed by atoms with van der Waals surface area (Å²) in [4.78, 5) is 2.06. The second kappa shape index (κ2) is 10.6. The van der Waals surface area contributed by atoms with Gasteiger partial charge in [0.1, 0.15) is 24.3 Å². The predicted octanol–water partition coefficient (Wildman–Crippen LogP) is 4.90. The smallest absolute Gasteiger partial charge is 0.142 e. The largest absolute Gasteiger partial charge is 0.491 e. The average Bonchev–Trinajstić information content (AvgIpc) is 2.70. The van der Waals surface area contributed by atoms with E-state index in [9.17, 15) is 9.50 Å². The molecule has 1 aliphatic rings. The van der Waals surface area contributed by atoms with Crippen LogP contribution >= 0.6 is 23.2 Å². The Morgan fingerprint density at radius 2 is 2.00 bits per heavy atom. The fourth-order valence-electron chi connectivity index (χ4n) is 3.43. The van der Waals surface area contributed by atoms with Crippen LogP contribution in [0.2, 0.25) is 10.0 Å². The van der Waals surface area contributed by atoms with Gasteiger partial charge in [-0.3, -0.25) is 4.90 Å². The quantitative estimate of drug-likeness (QED) is 0.591. The number of aliphatic hydroxyl groups excluding tert-OH is 1. The van der Waals surface area contributed by atoms with E-state index in [0.29, 0.717) is 36.8 Å². The molecule has 158 valence electrons. The van der Waals surface area contributed by atoms with Gasteiger partial charge in [0.05, 0.1) is 17.7 Å². The van der Waals surface area contributed by atoms with Gasteiger partial charge in [-0.05, 0) is 36.2 Å². The number of rotatable bonds is 8. The van der Waals surface area contributed by atoms with Gasteiger partial charge in [-0.15, -0.1) is 0 Å². The summed E-state index contributed by atoms with van der Waals surface area (Å²) in [7, 11) is 0. The summed E-state index contributed by atoms with van der Waals surface area (Å²) in [6, 6.07) is 10.7. The molecule has 2 unspecified atom stereocenters. The third-order valence-electron chi connectivity index (χ3n) is 4.91. The molecule has 1 aliphatic heterocycles. The summed E-state index contributed by atoms with van der Waals surface area (Å²) in [5.74, 6) is 0.220. The van der Waals surface area contributed by atoms with Crippen LogP contribution in [0.3, 0.4) is 0 Å². The summed E-state index contributed by atoms with van der Waals surface area (Å²) in [6.45, 7) is 4.43. The number of halogens is 3. The highest BCUT2D eigenvalue weighted by Crippen LogP contribution is 2.32. The number of benzene rings is 2. The molecule has 0 spiro atoms. The Hall–Kier alpha value is -1.37. The molecule has 2 aromatic rings. The number of morpholine rings is 1. The summed E-state index contributed by atoms with van der Waals surface area (Å²) >= 11 is 12.0. The van der Waals surface area contributed by atoms with Gasteiger partial charge < -0.3 is 14.6 Å². The Bertz CT molecular complexity index is 803. The molecule has 7 heteroatoms. The standard InChI is InChI=1S/C22H26Cl2FNO3/c1-2-3-15-4-6-17(7-5-15)29-14-16(27)12-26-8-9-28-22(13-26)18-10-21(25)20(24)11-19(18)23/h4-7,10-11,16,22,27H,2-3,8-9,12-14H2,1H3. The Morgan fingerprint density at radius 3 is 2.72 bits per heavy atom. The van der Waals surface area contributed by atoms with Crippen LogP contribution in [0.25, 0.3) is 0 Å². The normalized spacial score (nSPS) is 18.6. The maximum absolute atomic E-state index is 13.8. The van der Waals surface area contributed by atoms with Crippen molar-refractivity contribution >= 4 is 23.2 Å². The molecule has 1 fully saturated rings. The van der Waals surface area contributed by atoms with Crippen molar-refractivity contribution in [3.8, 4) is 5.75 Å². The number of hydrogen-bond acceptors (Lipinski definition) is 4. The number of aliphatic hydroxyl groups is 1. The molecule has 0 bridgehead atoms. The number of nitrogens with zero attached hydrogens (tertiary/aromatic N) is 1. The van der Waals surface area contributed by atoms with Crippen molar-refractivity contribution in [3.05, 3.63) is 63.4 Å². The Balaban J connectivity index is 1.51. The van der Waals surface area contributed by atoms with E-state index in [1.807, 2.05) is 24.3 Å². The minimum absolute atomic E-state index is 0.0123. The lowest BCUT2D eigenvalue weighted by atomic mass is 10.1. The highest BCUT2D eigenvalue weighted by molar-refractivity contribution is 6.35. The van der Waals surface area contributed by atoms with Crippen molar-refractivity contribution in [1.82, 2.24) is 4.90 Å². The number of hydrogen-bond donors (Lipinski definition) is 1. The van der Waals surface area contributed by atoms with Crippen molar-refractivity contribution in [3.63, 3.8) is 0 Å². The van der Waals surface area contributed by atoms with Crippen molar-refractivity contribution < 1.29 is 19.0 Å². The van der Waals surface area contributed by atoms with Crippen molar-refractivity contribution in [2.45, 2.75) is 32.0 Å². The molecule has 2 atom stereocenters. The number of β-amino-alcohol motifs (C(OH)–C–C–N with tert-alkyl or cyclic N) is 1. The van der Waals surface area contributed by atoms with E-state index in [1.165, 1.54) is 17.7 Å². The molecular weight excluding hydrogens is 416 g/mol. The minimum atomic E-state index is -0.651. The van der Waals surface area contributed by atoms with Gasteiger partial charge in [-0.25, -0.2) is 4.39 Å². The Labute approximate surface area is 181 Å². The first-order valence-corrected chi connectivity index (χ1v) is 10.6. The average molecular weight is 442 g/mol. The summed E-state index contributed by atoms with van der Waals surface area (Å²) in [6.07, 6.45) is 1.12. The van der Waals surface area contributed by atoms with E-state index in [4.69, 9.17) is 32.7 Å². The molecule has 4 nitrogen and oxygen atoms in total. The summed E-state index contributed by atoms with van der Waals surface area (Å²) < 4.78 is 25.3. The minimum Gasteiger partial charge on any atom is -0.491 e. The maximum Gasteiger partial charge on any atom is 0.142 e. The number of ether oxygens (including phenoxy) is 2. The molecule has 3 rings (SSSR count). The van der Waals surface area contributed by atoms with Gasteiger partial charge in [0.2, 0.25) is 0 Å². The van der Waals surface area contributed by atoms with Crippen LogP contribution < -0.4 is 4.74 Å². The topological polar surface area (TPSA) is 41.9 Å². The molecular formula is C22H26Cl2FNO3. The first-order chi connectivity index (χ1) is 14.0. The molecule has 1 heterocycles. The van der Waals surface area contributed by atoms with E-state index >= 15 is 0 Å². The van der Waals surface area contributed by atoms with Crippen LogP contribution in [0.4, 0.5) is 4.39 Å². The lowest BCUT2D eigenvalue weighted by molar-refractivity contribution is -0.0460. The lowest BCUT2D eigenvalue weighted by Gasteiger charge is -2.34. The molecule has 0 aromatic heterocycles. The zero-order valence-corrected chi connectivity index (χ0v) is 17.9. The van der Waals surface area contributed by atoms with Gasteiger partial charge >= 0.3 is 0 Å². The monoisotopic (exact) mass is 441 g/mol. The van der Waals surface area contributed by atoms with Gasteiger partial charge in [0, 0.05) is 30.2 Å². The van der Waals surface area contributed by atoms with E-state index in [1.54, 1.807) is 0 Å². The zero-order valence-electron chi connectivity index (χ0n) is 16.4. The van der Waals surface area contributed by atoms with Crippen LogP contribution in [0.1, 0.15) is 30.6 Å². The molecule has 1 N–H and O–H groups in total. The molecule has 1 saturated heterocycles. The molecule has 2 aromatic carbocycles. The van der Waals surface area contributed by atoms with Crippen LogP contribution in [-0.2, 0) is 11.2 Å². The van der Waals surface area contributed by atoms with Gasteiger partial charge in [-0.2, -0.15) is 0 Å². The van der Waals surface area contributed by atoms with Gasteiger partial charge in [-0.1, -0.05) is 48.7 Å². The van der Waals surface area contributed by atoms with E-state index in [-0.39, 0.29) is 17.7 Å². The van der Waals surface area contributed by atoms with Gasteiger partial charge in [0.25, 0.3) is 0 Å². The predicted molar refractivity (Wildman–Crippen MR) is 113 cm³/mol. The van der Waals surface area contributed by atoms with Crippen molar-refractivity contribution in [2.24, 2.45) is 0 Å². The summed E-state index contributed by atoms with van der Waals surface area (Å²) in [5, 5.41) is 10.7.